The number of hydrogen-bond donors (Lipinski definition) is 1. The second-order valence-corrected chi connectivity index (χ2v) is 5.04. The van der Waals surface area contributed by atoms with Crippen molar-refractivity contribution in [2.24, 2.45) is 17.6 Å². The summed E-state index contributed by atoms with van der Waals surface area (Å²) >= 11 is 0. The smallest absolute Gasteiger partial charge is 0.225 e. The molecular weight excluding hydrogens is 188 g/mol. The molecule has 0 aromatic heterocycles. The maximum Gasteiger partial charge on any atom is 0.225 e. The van der Waals surface area contributed by atoms with E-state index in [2.05, 4.69) is 20.8 Å². The molecule has 0 radical (unpaired) electrons. The van der Waals surface area contributed by atoms with Crippen LogP contribution in [-0.2, 0) is 4.79 Å². The van der Waals surface area contributed by atoms with Gasteiger partial charge in [0.2, 0.25) is 5.91 Å². The Labute approximate surface area is 93.0 Å². The van der Waals surface area contributed by atoms with Crippen molar-refractivity contribution < 1.29 is 4.79 Å². The quantitative estimate of drug-likeness (QED) is 0.769. The molecule has 1 aliphatic carbocycles. The molecule has 1 amide bonds. The van der Waals surface area contributed by atoms with Crippen LogP contribution in [0.3, 0.4) is 0 Å². The van der Waals surface area contributed by atoms with E-state index in [1.54, 1.807) is 0 Å². The summed E-state index contributed by atoms with van der Waals surface area (Å²) in [5.74, 6) is 1.06. The fourth-order valence-corrected chi connectivity index (χ4v) is 2.31. The zero-order chi connectivity index (χ0) is 11.4. The largest absolute Gasteiger partial charge is 0.342 e. The second-order valence-electron chi connectivity index (χ2n) is 5.04. The number of nitrogens with two attached hydrogens (primary N) is 1. The average Bonchev–Trinajstić information content (AvgIpc) is 2.60. The highest BCUT2D eigenvalue weighted by molar-refractivity contribution is 5.79. The molecule has 0 aromatic carbocycles. The van der Waals surface area contributed by atoms with E-state index in [-0.39, 0.29) is 12.0 Å². The summed E-state index contributed by atoms with van der Waals surface area (Å²) in [4.78, 5) is 14.1. The summed E-state index contributed by atoms with van der Waals surface area (Å²) in [6.45, 7) is 8.05. The molecule has 1 fully saturated rings. The third-order valence-corrected chi connectivity index (χ3v) is 3.10. The Bertz CT molecular complexity index is 216. The molecular formula is C12H24N2O. The zero-order valence-electron chi connectivity index (χ0n) is 10.2. The molecule has 2 N–H and O–H groups in total. The number of amides is 1. The molecule has 0 aliphatic heterocycles. The van der Waals surface area contributed by atoms with Gasteiger partial charge < -0.3 is 10.6 Å². The van der Waals surface area contributed by atoms with Gasteiger partial charge in [0.1, 0.15) is 0 Å². The van der Waals surface area contributed by atoms with Crippen molar-refractivity contribution in [3.8, 4) is 0 Å². The lowest BCUT2D eigenvalue weighted by Gasteiger charge is -2.25. The molecule has 3 nitrogen and oxygen atoms in total. The molecule has 0 heterocycles. The predicted octanol–water partition coefficient (Wildman–Crippen LogP) is 1.62. The van der Waals surface area contributed by atoms with Crippen molar-refractivity contribution in [1.82, 2.24) is 4.90 Å². The third-order valence-electron chi connectivity index (χ3n) is 3.10. The SMILES string of the molecule is CCN(CC(C)C)C(=O)C1CCC(N)C1. The molecule has 2 unspecified atom stereocenters. The molecule has 1 saturated carbocycles. The van der Waals surface area contributed by atoms with Gasteiger partial charge in [0.05, 0.1) is 0 Å². The van der Waals surface area contributed by atoms with E-state index in [4.69, 9.17) is 5.73 Å². The van der Waals surface area contributed by atoms with Gasteiger partial charge in [-0.15, -0.1) is 0 Å². The van der Waals surface area contributed by atoms with Crippen LogP contribution in [0.25, 0.3) is 0 Å². The van der Waals surface area contributed by atoms with Gasteiger partial charge >= 0.3 is 0 Å². The normalized spacial score (nSPS) is 25.9. The maximum absolute atomic E-state index is 12.1. The molecule has 88 valence electrons. The monoisotopic (exact) mass is 212 g/mol. The van der Waals surface area contributed by atoms with E-state index in [1.807, 2.05) is 4.90 Å². The zero-order valence-corrected chi connectivity index (χ0v) is 10.2. The van der Waals surface area contributed by atoms with Crippen molar-refractivity contribution in [3.63, 3.8) is 0 Å². The van der Waals surface area contributed by atoms with Crippen LogP contribution in [-0.4, -0.2) is 29.9 Å². The number of carbonyl (C=O) groups excluding carboxylic acids is 1. The molecule has 0 spiro atoms. The van der Waals surface area contributed by atoms with Gasteiger partial charge in [-0.05, 0) is 32.1 Å². The summed E-state index contributed by atoms with van der Waals surface area (Å²) in [6, 6.07) is 0.247. The van der Waals surface area contributed by atoms with Crippen LogP contribution in [0.2, 0.25) is 0 Å². The van der Waals surface area contributed by atoms with Crippen molar-refractivity contribution in [1.29, 1.82) is 0 Å². The Balaban J connectivity index is 2.49. The van der Waals surface area contributed by atoms with E-state index in [9.17, 15) is 4.79 Å². The Morgan fingerprint density at radius 3 is 2.53 bits per heavy atom. The van der Waals surface area contributed by atoms with E-state index in [0.717, 1.165) is 32.4 Å². The van der Waals surface area contributed by atoms with Crippen LogP contribution in [0.4, 0.5) is 0 Å². The standard InChI is InChI=1S/C12H24N2O/c1-4-14(8-9(2)3)12(15)10-5-6-11(13)7-10/h9-11H,4-8,13H2,1-3H3. The topological polar surface area (TPSA) is 46.3 Å². The molecule has 1 rings (SSSR count). The van der Waals surface area contributed by atoms with E-state index >= 15 is 0 Å². The number of rotatable bonds is 4. The minimum Gasteiger partial charge on any atom is -0.342 e. The van der Waals surface area contributed by atoms with Crippen molar-refractivity contribution >= 4 is 5.91 Å². The number of hydrogen-bond acceptors (Lipinski definition) is 2. The first kappa shape index (κ1) is 12.5. The van der Waals surface area contributed by atoms with E-state index < -0.39 is 0 Å². The molecule has 3 heteroatoms. The summed E-state index contributed by atoms with van der Waals surface area (Å²) in [5, 5.41) is 0. The summed E-state index contributed by atoms with van der Waals surface area (Å²) in [7, 11) is 0. The molecule has 2 atom stereocenters. The van der Waals surface area contributed by atoms with E-state index in [1.165, 1.54) is 0 Å². The lowest BCUT2D eigenvalue weighted by Crippen LogP contribution is -2.38. The third kappa shape index (κ3) is 3.49. The van der Waals surface area contributed by atoms with Gasteiger partial charge in [0.25, 0.3) is 0 Å². The molecule has 0 bridgehead atoms. The van der Waals surface area contributed by atoms with Crippen LogP contribution < -0.4 is 5.73 Å². The molecule has 15 heavy (non-hydrogen) atoms. The van der Waals surface area contributed by atoms with Crippen LogP contribution in [0, 0.1) is 11.8 Å². The van der Waals surface area contributed by atoms with Crippen LogP contribution >= 0.6 is 0 Å². The highest BCUT2D eigenvalue weighted by atomic mass is 16.2. The Kier molecular flexibility index (Phi) is 4.58. The van der Waals surface area contributed by atoms with Crippen molar-refractivity contribution in [2.45, 2.75) is 46.1 Å². The second kappa shape index (κ2) is 5.50. The Morgan fingerprint density at radius 1 is 1.47 bits per heavy atom. The van der Waals surface area contributed by atoms with Crippen LogP contribution in [0.15, 0.2) is 0 Å². The summed E-state index contributed by atoms with van der Waals surface area (Å²) in [5.41, 5.74) is 5.84. The van der Waals surface area contributed by atoms with Gasteiger partial charge in [-0.1, -0.05) is 13.8 Å². The summed E-state index contributed by atoms with van der Waals surface area (Å²) in [6.07, 6.45) is 2.87. The highest BCUT2D eigenvalue weighted by Gasteiger charge is 2.30. The number of nitrogens with zero attached hydrogens (tertiary/aromatic N) is 1. The van der Waals surface area contributed by atoms with Gasteiger partial charge in [0, 0.05) is 25.0 Å². The number of carbonyl (C=O) groups is 1. The maximum atomic E-state index is 12.1. The molecule has 1 aliphatic rings. The first-order chi connectivity index (χ1) is 7.04. The predicted molar refractivity (Wildman–Crippen MR) is 62.4 cm³/mol. The minimum absolute atomic E-state index is 0.193. The highest BCUT2D eigenvalue weighted by Crippen LogP contribution is 2.26. The van der Waals surface area contributed by atoms with Gasteiger partial charge in [-0.3, -0.25) is 4.79 Å². The van der Waals surface area contributed by atoms with E-state index in [0.29, 0.717) is 11.8 Å². The van der Waals surface area contributed by atoms with Gasteiger partial charge in [-0.2, -0.15) is 0 Å². The van der Waals surface area contributed by atoms with Crippen molar-refractivity contribution in [3.05, 3.63) is 0 Å². The first-order valence-electron chi connectivity index (χ1n) is 6.09. The fraction of sp³-hybridized carbons (Fsp3) is 0.917. The molecule has 0 saturated heterocycles. The first-order valence-corrected chi connectivity index (χ1v) is 6.09. The van der Waals surface area contributed by atoms with Gasteiger partial charge in [0.15, 0.2) is 0 Å². The van der Waals surface area contributed by atoms with Crippen LogP contribution in [0.1, 0.15) is 40.0 Å². The summed E-state index contributed by atoms with van der Waals surface area (Å²) < 4.78 is 0. The van der Waals surface area contributed by atoms with Crippen LogP contribution in [0.5, 0.6) is 0 Å². The van der Waals surface area contributed by atoms with Crippen molar-refractivity contribution in [2.75, 3.05) is 13.1 Å². The lowest BCUT2D eigenvalue weighted by atomic mass is 10.1. The Hall–Kier alpha value is -0.570. The minimum atomic E-state index is 0.193. The lowest BCUT2D eigenvalue weighted by molar-refractivity contribution is -0.135. The molecule has 0 aromatic rings. The Morgan fingerprint density at radius 2 is 2.13 bits per heavy atom. The average molecular weight is 212 g/mol. The fourth-order valence-electron chi connectivity index (χ4n) is 2.31. The van der Waals surface area contributed by atoms with Gasteiger partial charge in [-0.25, -0.2) is 0 Å².